The third-order valence-electron chi connectivity index (χ3n) is 3.24. The highest BCUT2D eigenvalue weighted by Crippen LogP contribution is 2.28. The Hall–Kier alpha value is -1.36. The normalized spacial score (nSPS) is 11.8. The van der Waals surface area contributed by atoms with Crippen molar-refractivity contribution in [3.63, 3.8) is 0 Å². The van der Waals surface area contributed by atoms with Gasteiger partial charge in [0.2, 0.25) is 5.91 Å². The van der Waals surface area contributed by atoms with Gasteiger partial charge in [-0.2, -0.15) is 0 Å². The molecule has 1 aromatic rings. The fourth-order valence-electron chi connectivity index (χ4n) is 1.97. The largest absolute Gasteiger partial charge is 0.492 e. The first kappa shape index (κ1) is 18.7. The molecule has 0 aromatic heterocycles. The van der Waals surface area contributed by atoms with Crippen molar-refractivity contribution < 1.29 is 14.3 Å². The summed E-state index contributed by atoms with van der Waals surface area (Å²) in [5.41, 5.74) is 1.20. The molecule has 0 saturated heterocycles. The Balaban J connectivity index is 2.94. The highest BCUT2D eigenvalue weighted by Gasteiger charge is 2.17. The van der Waals surface area contributed by atoms with Crippen molar-refractivity contribution in [2.45, 2.75) is 51.3 Å². The van der Waals surface area contributed by atoms with Crippen LogP contribution in [0, 0.1) is 0 Å². The van der Waals surface area contributed by atoms with Crippen molar-refractivity contribution in [1.29, 1.82) is 0 Å². The second-order valence-corrected chi connectivity index (χ2v) is 6.14. The van der Waals surface area contributed by atoms with Crippen molar-refractivity contribution in [3.05, 3.63) is 23.8 Å². The van der Waals surface area contributed by atoms with Crippen molar-refractivity contribution in [1.82, 2.24) is 0 Å². The Bertz CT molecular complexity index is 517. The van der Waals surface area contributed by atoms with Crippen LogP contribution in [0.1, 0.15) is 56.8 Å². The molecule has 0 bridgehead atoms. The number of carbonyl (C=O) groups excluding carboxylic acids is 2. The number of anilines is 1. The van der Waals surface area contributed by atoms with Crippen LogP contribution in [0.5, 0.6) is 5.75 Å². The van der Waals surface area contributed by atoms with E-state index in [0.29, 0.717) is 30.0 Å². The Kier molecular flexibility index (Phi) is 8.17. The first-order valence-electron chi connectivity index (χ1n) is 7.78. The molecule has 5 heteroatoms. The van der Waals surface area contributed by atoms with Crippen molar-refractivity contribution >= 4 is 33.3 Å². The zero-order chi connectivity index (χ0) is 16.5. The van der Waals surface area contributed by atoms with Crippen molar-refractivity contribution in [2.75, 3.05) is 11.9 Å². The van der Waals surface area contributed by atoms with Gasteiger partial charge >= 0.3 is 0 Å². The number of hydrogen-bond donors (Lipinski definition) is 1. The number of hydrogen-bond acceptors (Lipinski definition) is 3. The number of Topliss-reactive ketones (excluding diaryl/α,β-unsaturated/α-hetero) is 1. The van der Waals surface area contributed by atoms with Gasteiger partial charge in [-0.15, -0.1) is 0 Å². The first-order chi connectivity index (χ1) is 10.5. The molecular weight excluding hydrogens is 346 g/mol. The van der Waals surface area contributed by atoms with Gasteiger partial charge in [-0.3, -0.25) is 9.59 Å². The van der Waals surface area contributed by atoms with Gasteiger partial charge in [0.25, 0.3) is 0 Å². The van der Waals surface area contributed by atoms with Gasteiger partial charge in [-0.25, -0.2) is 0 Å². The number of alkyl halides is 1. The van der Waals surface area contributed by atoms with E-state index in [1.807, 2.05) is 20.8 Å². The highest BCUT2D eigenvalue weighted by molar-refractivity contribution is 9.10. The third kappa shape index (κ3) is 5.44. The number of rotatable bonds is 9. The van der Waals surface area contributed by atoms with E-state index in [-0.39, 0.29) is 16.5 Å². The Morgan fingerprint density at radius 3 is 2.59 bits per heavy atom. The molecule has 1 unspecified atom stereocenters. The SMILES string of the molecule is CCCCC(=O)Nc1ccc(C(=O)C(Br)CC)cc1OCC. The molecule has 0 fully saturated rings. The van der Waals surface area contributed by atoms with E-state index in [2.05, 4.69) is 21.2 Å². The minimum absolute atomic E-state index is 0.0207. The van der Waals surface area contributed by atoms with Crippen LogP contribution in [-0.4, -0.2) is 23.1 Å². The van der Waals surface area contributed by atoms with Gasteiger partial charge < -0.3 is 10.1 Å². The number of carbonyl (C=O) groups is 2. The summed E-state index contributed by atoms with van der Waals surface area (Å²) in [5.74, 6) is 0.523. The summed E-state index contributed by atoms with van der Waals surface area (Å²) in [6.45, 7) is 6.34. The Morgan fingerprint density at radius 1 is 1.27 bits per heavy atom. The second kappa shape index (κ2) is 9.62. The number of ketones is 1. The highest BCUT2D eigenvalue weighted by atomic mass is 79.9. The monoisotopic (exact) mass is 369 g/mol. The summed E-state index contributed by atoms with van der Waals surface area (Å²) in [6.07, 6.45) is 3.04. The number of benzene rings is 1. The van der Waals surface area contributed by atoms with E-state index in [0.717, 1.165) is 19.3 Å². The predicted octanol–water partition coefficient (Wildman–Crippen LogP) is 4.57. The summed E-state index contributed by atoms with van der Waals surface area (Å²) in [7, 11) is 0. The van der Waals surface area contributed by atoms with Crippen LogP contribution in [-0.2, 0) is 4.79 Å². The summed E-state index contributed by atoms with van der Waals surface area (Å²) in [5, 5.41) is 2.85. The molecule has 122 valence electrons. The molecule has 0 saturated carbocycles. The standard InChI is InChI=1S/C17H24BrNO3/c1-4-7-8-16(20)19-14-10-9-12(11-15(14)22-6-3)17(21)13(18)5-2/h9-11,13H,4-8H2,1-3H3,(H,19,20). The molecule has 1 N–H and O–H groups in total. The minimum Gasteiger partial charge on any atom is -0.492 e. The zero-order valence-electron chi connectivity index (χ0n) is 13.4. The maximum atomic E-state index is 12.2. The molecule has 22 heavy (non-hydrogen) atoms. The van der Waals surface area contributed by atoms with E-state index < -0.39 is 0 Å². The molecule has 0 heterocycles. The van der Waals surface area contributed by atoms with Crippen LogP contribution in [0.3, 0.4) is 0 Å². The molecule has 1 atom stereocenters. The number of ether oxygens (including phenoxy) is 1. The Morgan fingerprint density at radius 2 is 2.00 bits per heavy atom. The fourth-order valence-corrected chi connectivity index (χ4v) is 2.23. The molecule has 4 nitrogen and oxygen atoms in total. The van der Waals surface area contributed by atoms with E-state index in [1.54, 1.807) is 18.2 Å². The first-order valence-corrected chi connectivity index (χ1v) is 8.69. The molecule has 1 rings (SSSR count). The van der Waals surface area contributed by atoms with Gasteiger partial charge in [0.1, 0.15) is 5.75 Å². The number of amides is 1. The molecule has 0 aliphatic carbocycles. The average molecular weight is 370 g/mol. The topological polar surface area (TPSA) is 55.4 Å². The van der Waals surface area contributed by atoms with Crippen LogP contribution in [0.2, 0.25) is 0 Å². The molecule has 0 aliphatic rings. The van der Waals surface area contributed by atoms with Gasteiger partial charge in [-0.05, 0) is 38.0 Å². The molecule has 1 aromatic carbocycles. The second-order valence-electron chi connectivity index (χ2n) is 5.04. The third-order valence-corrected chi connectivity index (χ3v) is 4.30. The van der Waals surface area contributed by atoms with Crippen LogP contribution >= 0.6 is 15.9 Å². The summed E-state index contributed by atoms with van der Waals surface area (Å²) in [6, 6.07) is 5.16. The van der Waals surface area contributed by atoms with Gasteiger partial charge in [-0.1, -0.05) is 36.2 Å². The molecule has 0 radical (unpaired) electrons. The molecule has 0 aliphatic heterocycles. The van der Waals surface area contributed by atoms with Crippen LogP contribution in [0.15, 0.2) is 18.2 Å². The van der Waals surface area contributed by atoms with Gasteiger partial charge in [0.15, 0.2) is 5.78 Å². The van der Waals surface area contributed by atoms with Crippen molar-refractivity contribution in [3.8, 4) is 5.75 Å². The van der Waals surface area contributed by atoms with E-state index in [1.165, 1.54) is 0 Å². The smallest absolute Gasteiger partial charge is 0.224 e. The molecule has 0 spiro atoms. The number of nitrogens with one attached hydrogen (secondary N) is 1. The van der Waals surface area contributed by atoms with Crippen molar-refractivity contribution in [2.24, 2.45) is 0 Å². The molecular formula is C17H24BrNO3. The number of halogens is 1. The molecule has 1 amide bonds. The zero-order valence-corrected chi connectivity index (χ0v) is 15.0. The van der Waals surface area contributed by atoms with Crippen LogP contribution in [0.25, 0.3) is 0 Å². The van der Waals surface area contributed by atoms with E-state index in [4.69, 9.17) is 4.74 Å². The van der Waals surface area contributed by atoms with Gasteiger partial charge in [0.05, 0.1) is 17.1 Å². The summed E-state index contributed by atoms with van der Waals surface area (Å²) < 4.78 is 5.56. The lowest BCUT2D eigenvalue weighted by Gasteiger charge is -2.14. The maximum Gasteiger partial charge on any atom is 0.224 e. The summed E-state index contributed by atoms with van der Waals surface area (Å²) in [4.78, 5) is 23.9. The maximum absolute atomic E-state index is 12.2. The minimum atomic E-state index is -0.202. The summed E-state index contributed by atoms with van der Waals surface area (Å²) >= 11 is 3.37. The van der Waals surface area contributed by atoms with Crippen LogP contribution < -0.4 is 10.1 Å². The lowest BCUT2D eigenvalue weighted by molar-refractivity contribution is -0.116. The van der Waals surface area contributed by atoms with E-state index >= 15 is 0 Å². The van der Waals surface area contributed by atoms with Crippen LogP contribution in [0.4, 0.5) is 5.69 Å². The quantitative estimate of drug-likeness (QED) is 0.512. The fraction of sp³-hybridized carbons (Fsp3) is 0.529. The number of unbranched alkanes of at least 4 members (excludes halogenated alkanes) is 1. The van der Waals surface area contributed by atoms with E-state index in [9.17, 15) is 9.59 Å². The van der Waals surface area contributed by atoms with Gasteiger partial charge in [0, 0.05) is 12.0 Å². The Labute approximate surface area is 140 Å². The average Bonchev–Trinajstić information content (AvgIpc) is 2.53. The lowest BCUT2D eigenvalue weighted by atomic mass is 10.1. The lowest BCUT2D eigenvalue weighted by Crippen LogP contribution is -2.15. The predicted molar refractivity (Wildman–Crippen MR) is 93.1 cm³/mol.